The van der Waals surface area contributed by atoms with Crippen LogP contribution in [-0.4, -0.2) is 37.0 Å². The van der Waals surface area contributed by atoms with E-state index in [9.17, 15) is 9.59 Å². The van der Waals surface area contributed by atoms with Gasteiger partial charge in [-0.3, -0.25) is 25.4 Å². The van der Waals surface area contributed by atoms with Crippen molar-refractivity contribution in [3.63, 3.8) is 0 Å². The van der Waals surface area contributed by atoms with Crippen LogP contribution in [0, 0.1) is 0 Å². The van der Waals surface area contributed by atoms with E-state index in [2.05, 4.69) is 47.2 Å². The maximum Gasteiger partial charge on any atom is 0.271 e. The quantitative estimate of drug-likeness (QED) is 0.629. The Hall–Kier alpha value is -3.14. The highest BCUT2D eigenvalue weighted by atomic mass is 79.9. The molecule has 2 N–H and O–H groups in total. The highest BCUT2D eigenvalue weighted by Gasteiger charge is 2.11. The average Bonchev–Trinajstić information content (AvgIpc) is 3.09. The highest BCUT2D eigenvalue weighted by Crippen LogP contribution is 2.11. The monoisotopic (exact) mass is 401 g/mol. The number of nitrogens with one attached hydrogen (secondary N) is 2. The van der Waals surface area contributed by atoms with E-state index < -0.39 is 11.8 Å². The second-order valence-electron chi connectivity index (χ2n) is 4.90. The number of halogens is 1. The fourth-order valence-corrected chi connectivity index (χ4v) is 2.28. The molecule has 0 spiro atoms. The Labute approximate surface area is 150 Å². The number of hydrogen-bond donors (Lipinski definition) is 2. The van der Waals surface area contributed by atoms with Crippen LogP contribution in [0.4, 0.5) is 0 Å². The minimum absolute atomic E-state index is 0.184. The summed E-state index contributed by atoms with van der Waals surface area (Å²) in [5, 5.41) is 11.8. The average molecular weight is 402 g/mol. The molecule has 9 nitrogen and oxygen atoms in total. The van der Waals surface area contributed by atoms with Crippen molar-refractivity contribution in [2.75, 3.05) is 0 Å². The smallest absolute Gasteiger partial charge is 0.271 e. The van der Waals surface area contributed by atoms with Gasteiger partial charge < -0.3 is 0 Å². The van der Waals surface area contributed by atoms with Gasteiger partial charge in [0.15, 0.2) is 0 Å². The molecule has 25 heavy (non-hydrogen) atoms. The van der Waals surface area contributed by atoms with Gasteiger partial charge in [-0.2, -0.15) is 4.80 Å². The number of tetrazole rings is 1. The third kappa shape index (κ3) is 4.44. The topological polar surface area (TPSA) is 115 Å². The largest absolute Gasteiger partial charge is 0.271 e. The van der Waals surface area contributed by atoms with Crippen LogP contribution in [-0.2, 0) is 11.3 Å². The summed E-state index contributed by atoms with van der Waals surface area (Å²) < 4.78 is 0.659. The molecular weight excluding hydrogens is 390 g/mol. The summed E-state index contributed by atoms with van der Waals surface area (Å²) in [4.78, 5) is 28.8. The number of hydrogen-bond acceptors (Lipinski definition) is 6. The molecule has 0 saturated heterocycles. The lowest BCUT2D eigenvalue weighted by Gasteiger charge is -2.06. The van der Waals surface area contributed by atoms with Gasteiger partial charge in [0.25, 0.3) is 11.8 Å². The number of carbonyl (C=O) groups excluding carboxylic acids is 2. The zero-order chi connectivity index (χ0) is 17.6. The van der Waals surface area contributed by atoms with Gasteiger partial charge in [0.05, 0.1) is 5.56 Å². The molecule has 2 heterocycles. The Bertz CT molecular complexity index is 898. The van der Waals surface area contributed by atoms with Gasteiger partial charge in [0, 0.05) is 22.4 Å². The predicted octanol–water partition coefficient (Wildman–Crippen LogP) is 0.959. The maximum atomic E-state index is 11.9. The number of rotatable bonds is 4. The van der Waals surface area contributed by atoms with Gasteiger partial charge in [-0.1, -0.05) is 30.3 Å². The molecule has 0 radical (unpaired) electrons. The van der Waals surface area contributed by atoms with E-state index in [0.717, 1.165) is 10.4 Å². The molecule has 0 aliphatic carbocycles. The van der Waals surface area contributed by atoms with Crippen LogP contribution in [0.15, 0.2) is 53.3 Å². The standard InChI is InChI=1S/C15H12BrN7O2/c16-12-6-11(7-17-8-12)15(25)20-18-13(24)9-23-21-14(19-22-23)10-4-2-1-3-5-10/h1-8H,9H2,(H,18,24)(H,20,25). The molecule has 0 bridgehead atoms. The van der Waals surface area contributed by atoms with E-state index in [0.29, 0.717) is 15.9 Å². The molecule has 3 rings (SSSR count). The van der Waals surface area contributed by atoms with Gasteiger partial charge in [-0.05, 0) is 27.2 Å². The lowest BCUT2D eigenvalue weighted by atomic mass is 10.2. The van der Waals surface area contributed by atoms with E-state index in [4.69, 9.17) is 0 Å². The van der Waals surface area contributed by atoms with Crippen LogP contribution >= 0.6 is 15.9 Å². The molecular formula is C15H12BrN7O2. The number of pyridine rings is 1. The van der Waals surface area contributed by atoms with Crippen molar-refractivity contribution in [1.29, 1.82) is 0 Å². The third-order valence-corrected chi connectivity index (χ3v) is 3.49. The fraction of sp³-hybridized carbons (Fsp3) is 0.0667. The van der Waals surface area contributed by atoms with E-state index in [1.807, 2.05) is 30.3 Å². The van der Waals surface area contributed by atoms with Crippen LogP contribution in [0.5, 0.6) is 0 Å². The molecule has 1 aromatic carbocycles. The SMILES string of the molecule is O=C(Cn1nnc(-c2ccccc2)n1)NNC(=O)c1cncc(Br)c1. The molecule has 0 aliphatic rings. The van der Waals surface area contributed by atoms with Gasteiger partial charge in [0.2, 0.25) is 5.82 Å². The summed E-state index contributed by atoms with van der Waals surface area (Å²) in [5.74, 6) is -0.565. The Morgan fingerprint density at radius 1 is 1.12 bits per heavy atom. The van der Waals surface area contributed by atoms with Gasteiger partial charge in [-0.25, -0.2) is 0 Å². The van der Waals surface area contributed by atoms with Crippen molar-refractivity contribution in [3.8, 4) is 11.4 Å². The second-order valence-corrected chi connectivity index (χ2v) is 5.82. The molecule has 10 heteroatoms. The molecule has 0 saturated carbocycles. The van der Waals surface area contributed by atoms with E-state index >= 15 is 0 Å². The van der Waals surface area contributed by atoms with E-state index in [1.165, 1.54) is 6.20 Å². The molecule has 126 valence electrons. The first-order valence-corrected chi connectivity index (χ1v) is 7.94. The van der Waals surface area contributed by atoms with Crippen LogP contribution in [0.2, 0.25) is 0 Å². The van der Waals surface area contributed by atoms with E-state index in [1.54, 1.807) is 12.3 Å². The molecule has 0 fully saturated rings. The first-order chi connectivity index (χ1) is 12.1. The molecule has 0 atom stereocenters. The van der Waals surface area contributed by atoms with Gasteiger partial charge in [-0.15, -0.1) is 10.2 Å². The number of benzene rings is 1. The summed E-state index contributed by atoms with van der Waals surface area (Å²) in [6.45, 7) is -0.184. The number of amides is 2. The fourth-order valence-electron chi connectivity index (χ4n) is 1.92. The van der Waals surface area contributed by atoms with Crippen molar-refractivity contribution < 1.29 is 9.59 Å². The Balaban J connectivity index is 1.55. The molecule has 2 amide bonds. The normalized spacial score (nSPS) is 10.3. The lowest BCUT2D eigenvalue weighted by molar-refractivity contribution is -0.122. The minimum Gasteiger partial charge on any atom is -0.271 e. The van der Waals surface area contributed by atoms with Gasteiger partial charge in [0.1, 0.15) is 6.54 Å². The number of carbonyl (C=O) groups is 2. The summed E-state index contributed by atoms with van der Waals surface area (Å²) in [6, 6.07) is 10.9. The lowest BCUT2D eigenvalue weighted by Crippen LogP contribution is -2.43. The zero-order valence-corrected chi connectivity index (χ0v) is 14.3. The predicted molar refractivity (Wildman–Crippen MR) is 90.8 cm³/mol. The first kappa shape index (κ1) is 16.7. The first-order valence-electron chi connectivity index (χ1n) is 7.15. The zero-order valence-electron chi connectivity index (χ0n) is 12.8. The van der Waals surface area contributed by atoms with Crippen LogP contribution < -0.4 is 10.9 Å². The second kappa shape index (κ2) is 7.62. The van der Waals surface area contributed by atoms with Crippen LogP contribution in [0.25, 0.3) is 11.4 Å². The summed E-state index contributed by atoms with van der Waals surface area (Å²) in [5.41, 5.74) is 5.69. The Morgan fingerprint density at radius 2 is 1.92 bits per heavy atom. The van der Waals surface area contributed by atoms with Gasteiger partial charge >= 0.3 is 0 Å². The molecule has 2 aromatic heterocycles. The minimum atomic E-state index is -0.492. The molecule has 3 aromatic rings. The number of aromatic nitrogens is 5. The van der Waals surface area contributed by atoms with Crippen molar-refractivity contribution in [2.24, 2.45) is 0 Å². The van der Waals surface area contributed by atoms with Crippen molar-refractivity contribution in [2.45, 2.75) is 6.54 Å². The highest BCUT2D eigenvalue weighted by molar-refractivity contribution is 9.10. The summed E-state index contributed by atoms with van der Waals surface area (Å²) >= 11 is 3.22. The molecule has 0 unspecified atom stereocenters. The van der Waals surface area contributed by atoms with Crippen molar-refractivity contribution in [1.82, 2.24) is 36.0 Å². The molecule has 0 aliphatic heterocycles. The van der Waals surface area contributed by atoms with E-state index in [-0.39, 0.29) is 6.54 Å². The third-order valence-electron chi connectivity index (χ3n) is 3.05. The Kier molecular flexibility index (Phi) is 5.09. The van der Waals surface area contributed by atoms with Crippen LogP contribution in [0.1, 0.15) is 10.4 Å². The maximum absolute atomic E-state index is 11.9. The van der Waals surface area contributed by atoms with Crippen molar-refractivity contribution >= 4 is 27.7 Å². The summed E-state index contributed by atoms with van der Waals surface area (Å²) in [7, 11) is 0. The van der Waals surface area contributed by atoms with Crippen molar-refractivity contribution in [3.05, 3.63) is 58.8 Å². The number of nitrogens with zero attached hydrogens (tertiary/aromatic N) is 5. The van der Waals surface area contributed by atoms with Crippen LogP contribution in [0.3, 0.4) is 0 Å². The Morgan fingerprint density at radius 3 is 2.68 bits per heavy atom. The number of hydrazine groups is 1. The summed E-state index contributed by atoms with van der Waals surface area (Å²) in [6.07, 6.45) is 2.94.